The lowest BCUT2D eigenvalue weighted by molar-refractivity contribution is -0.116. The molecule has 0 radical (unpaired) electrons. The Morgan fingerprint density at radius 2 is 1.48 bits per heavy atom. The van der Waals surface area contributed by atoms with E-state index in [1.807, 2.05) is 109 Å². The molecule has 2 aromatic heterocycles. The van der Waals surface area contributed by atoms with E-state index in [1.54, 1.807) is 17.5 Å². The van der Waals surface area contributed by atoms with Gasteiger partial charge in [0.15, 0.2) is 0 Å². The molecule has 5 rings (SSSR count). The van der Waals surface area contributed by atoms with Gasteiger partial charge in [0.25, 0.3) is 0 Å². The molecule has 3 aromatic carbocycles. The molecule has 33 heavy (non-hydrogen) atoms. The summed E-state index contributed by atoms with van der Waals surface area (Å²) in [4.78, 5) is 22.4. The second-order valence-corrected chi connectivity index (χ2v) is 8.46. The Balaban J connectivity index is 1.41. The highest BCUT2D eigenvalue weighted by Gasteiger charge is 2.22. The molecular formula is C28H21N3OS. The second-order valence-electron chi connectivity index (χ2n) is 7.60. The maximum Gasteiger partial charge on any atom is 0.236 e. The largest absolute Gasteiger partial charge is 0.325 e. The lowest BCUT2D eigenvalue weighted by atomic mass is 9.90. The van der Waals surface area contributed by atoms with Crippen LogP contribution in [-0.2, 0) is 4.79 Å². The molecule has 0 aliphatic carbocycles. The van der Waals surface area contributed by atoms with Crippen molar-refractivity contribution in [2.24, 2.45) is 0 Å². The van der Waals surface area contributed by atoms with E-state index in [0.717, 1.165) is 38.6 Å². The molecule has 0 saturated carbocycles. The van der Waals surface area contributed by atoms with Crippen LogP contribution in [0.3, 0.4) is 0 Å². The molecule has 4 nitrogen and oxygen atoms in total. The number of hydrogen-bond donors (Lipinski definition) is 1. The summed E-state index contributed by atoms with van der Waals surface area (Å²) in [6.07, 6.45) is 3.56. The van der Waals surface area contributed by atoms with Gasteiger partial charge in [0.1, 0.15) is 5.01 Å². The fourth-order valence-electron chi connectivity index (χ4n) is 3.79. The van der Waals surface area contributed by atoms with E-state index in [0.29, 0.717) is 0 Å². The SMILES string of the molecule is O=C(Nc1cccc(-c2csc(-c3cccnc3)n2)c1)C(c1ccccc1)c1ccccc1. The van der Waals surface area contributed by atoms with Crippen LogP contribution in [-0.4, -0.2) is 15.9 Å². The van der Waals surface area contributed by atoms with Crippen LogP contribution in [0.15, 0.2) is 115 Å². The minimum Gasteiger partial charge on any atom is -0.325 e. The summed E-state index contributed by atoms with van der Waals surface area (Å²) >= 11 is 1.58. The fourth-order valence-corrected chi connectivity index (χ4v) is 4.60. The van der Waals surface area contributed by atoms with E-state index < -0.39 is 5.92 Å². The van der Waals surface area contributed by atoms with Crippen molar-refractivity contribution in [1.29, 1.82) is 0 Å². The molecule has 0 fully saturated rings. The van der Waals surface area contributed by atoms with Gasteiger partial charge < -0.3 is 5.32 Å². The minimum atomic E-state index is -0.396. The number of amides is 1. The van der Waals surface area contributed by atoms with E-state index in [2.05, 4.69) is 10.3 Å². The normalized spacial score (nSPS) is 10.8. The van der Waals surface area contributed by atoms with Crippen LogP contribution >= 0.6 is 11.3 Å². The van der Waals surface area contributed by atoms with Crippen LogP contribution in [0.1, 0.15) is 17.0 Å². The predicted octanol–water partition coefficient (Wildman–Crippen LogP) is 6.64. The first-order chi connectivity index (χ1) is 16.3. The first-order valence-corrected chi connectivity index (χ1v) is 11.5. The maximum absolute atomic E-state index is 13.4. The average Bonchev–Trinajstić information content (AvgIpc) is 3.37. The molecule has 0 atom stereocenters. The summed E-state index contributed by atoms with van der Waals surface area (Å²) in [7, 11) is 0. The molecule has 160 valence electrons. The lowest BCUT2D eigenvalue weighted by Crippen LogP contribution is -2.22. The summed E-state index contributed by atoms with van der Waals surface area (Å²) in [5, 5.41) is 6.06. The van der Waals surface area contributed by atoms with E-state index in [-0.39, 0.29) is 5.91 Å². The van der Waals surface area contributed by atoms with E-state index >= 15 is 0 Å². The zero-order chi connectivity index (χ0) is 22.5. The molecule has 2 heterocycles. The third-order valence-corrected chi connectivity index (χ3v) is 6.26. The Morgan fingerprint density at radius 1 is 0.788 bits per heavy atom. The van der Waals surface area contributed by atoms with Gasteiger partial charge in [0.2, 0.25) is 5.91 Å². The van der Waals surface area contributed by atoms with Crippen LogP contribution in [0.2, 0.25) is 0 Å². The first-order valence-electron chi connectivity index (χ1n) is 10.6. The number of nitrogens with zero attached hydrogens (tertiary/aromatic N) is 2. The standard InChI is InChI=1S/C28H21N3OS/c32-27(26(20-9-3-1-4-10-20)21-11-5-2-6-12-21)30-24-15-7-13-22(17-24)25-19-33-28(31-25)23-14-8-16-29-18-23/h1-19,26H,(H,30,32). The van der Waals surface area contributed by atoms with Crippen molar-refractivity contribution < 1.29 is 4.79 Å². The smallest absolute Gasteiger partial charge is 0.236 e. The molecule has 0 bridgehead atoms. The predicted molar refractivity (Wildman–Crippen MR) is 134 cm³/mol. The van der Waals surface area contributed by atoms with Gasteiger partial charge in [-0.2, -0.15) is 0 Å². The van der Waals surface area contributed by atoms with Crippen LogP contribution in [0, 0.1) is 0 Å². The Bertz CT molecular complexity index is 1310. The average molecular weight is 448 g/mol. The topological polar surface area (TPSA) is 54.9 Å². The molecule has 1 N–H and O–H groups in total. The Kier molecular flexibility index (Phi) is 6.04. The van der Waals surface area contributed by atoms with Crippen molar-refractivity contribution >= 4 is 22.9 Å². The lowest BCUT2D eigenvalue weighted by Gasteiger charge is -2.18. The Hall–Kier alpha value is -4.09. The number of pyridine rings is 1. The number of hydrogen-bond acceptors (Lipinski definition) is 4. The zero-order valence-corrected chi connectivity index (χ0v) is 18.6. The molecule has 0 aliphatic rings. The van der Waals surface area contributed by atoms with Crippen LogP contribution < -0.4 is 5.32 Å². The highest BCUT2D eigenvalue weighted by atomic mass is 32.1. The van der Waals surface area contributed by atoms with Crippen molar-refractivity contribution in [2.45, 2.75) is 5.92 Å². The quantitative estimate of drug-likeness (QED) is 0.317. The van der Waals surface area contributed by atoms with E-state index in [4.69, 9.17) is 4.98 Å². The highest BCUT2D eigenvalue weighted by Crippen LogP contribution is 2.31. The van der Waals surface area contributed by atoms with Gasteiger partial charge in [-0.25, -0.2) is 4.98 Å². The third kappa shape index (κ3) is 4.73. The maximum atomic E-state index is 13.4. The van der Waals surface area contributed by atoms with E-state index in [9.17, 15) is 4.79 Å². The van der Waals surface area contributed by atoms with Gasteiger partial charge in [-0.15, -0.1) is 11.3 Å². The summed E-state index contributed by atoms with van der Waals surface area (Å²) in [5.74, 6) is -0.466. The summed E-state index contributed by atoms with van der Waals surface area (Å²) in [6.45, 7) is 0. The molecule has 0 unspecified atom stereocenters. The highest BCUT2D eigenvalue weighted by molar-refractivity contribution is 7.13. The van der Waals surface area contributed by atoms with Crippen molar-refractivity contribution in [3.8, 4) is 21.8 Å². The molecule has 0 spiro atoms. The monoisotopic (exact) mass is 447 g/mol. The van der Waals surface area contributed by atoms with Gasteiger partial charge in [-0.05, 0) is 35.4 Å². The Labute approximate surface area is 196 Å². The van der Waals surface area contributed by atoms with E-state index in [1.165, 1.54) is 0 Å². The number of carbonyl (C=O) groups is 1. The molecular weight excluding hydrogens is 426 g/mol. The number of aromatic nitrogens is 2. The van der Waals surface area contributed by atoms with Crippen LogP contribution in [0.5, 0.6) is 0 Å². The molecule has 0 aliphatic heterocycles. The van der Waals surface area contributed by atoms with Gasteiger partial charge >= 0.3 is 0 Å². The van der Waals surface area contributed by atoms with Gasteiger partial charge in [0, 0.05) is 34.6 Å². The van der Waals surface area contributed by atoms with Gasteiger partial charge in [-0.3, -0.25) is 9.78 Å². The van der Waals surface area contributed by atoms with Gasteiger partial charge in [0.05, 0.1) is 11.6 Å². The number of thiazole rings is 1. The molecule has 5 heteroatoms. The third-order valence-electron chi connectivity index (χ3n) is 5.37. The summed E-state index contributed by atoms with van der Waals surface area (Å²) in [6, 6.07) is 31.4. The van der Waals surface area contributed by atoms with Gasteiger partial charge in [-0.1, -0.05) is 72.8 Å². The van der Waals surface area contributed by atoms with Crippen molar-refractivity contribution in [3.63, 3.8) is 0 Å². The fraction of sp³-hybridized carbons (Fsp3) is 0.0357. The number of anilines is 1. The summed E-state index contributed by atoms with van der Waals surface area (Å²) < 4.78 is 0. The molecule has 5 aromatic rings. The van der Waals surface area contributed by atoms with Crippen molar-refractivity contribution in [2.75, 3.05) is 5.32 Å². The number of benzene rings is 3. The zero-order valence-electron chi connectivity index (χ0n) is 17.8. The molecule has 0 saturated heterocycles. The number of nitrogens with one attached hydrogen (secondary N) is 1. The van der Waals surface area contributed by atoms with Crippen LogP contribution in [0.25, 0.3) is 21.8 Å². The first kappa shape index (κ1) is 20.8. The summed E-state index contributed by atoms with van der Waals surface area (Å²) in [5.41, 5.74) is 5.47. The van der Waals surface area contributed by atoms with Crippen molar-refractivity contribution in [3.05, 3.63) is 126 Å². The number of rotatable bonds is 6. The Morgan fingerprint density at radius 3 is 2.15 bits per heavy atom. The van der Waals surface area contributed by atoms with Crippen molar-refractivity contribution in [1.82, 2.24) is 9.97 Å². The minimum absolute atomic E-state index is 0.0705. The second kappa shape index (κ2) is 9.59. The molecule has 1 amide bonds. The van der Waals surface area contributed by atoms with Crippen LogP contribution in [0.4, 0.5) is 5.69 Å². The number of carbonyl (C=O) groups excluding carboxylic acids is 1.